The first-order chi connectivity index (χ1) is 10.7. The molecule has 2 aromatic rings. The van der Waals surface area contributed by atoms with Crippen LogP contribution in [-0.4, -0.2) is 29.5 Å². The Morgan fingerprint density at radius 3 is 2.73 bits per heavy atom. The lowest BCUT2D eigenvalue weighted by Gasteiger charge is -2.22. The summed E-state index contributed by atoms with van der Waals surface area (Å²) >= 11 is 0. The van der Waals surface area contributed by atoms with E-state index in [-0.39, 0.29) is 18.6 Å². The number of para-hydroxylation sites is 1. The molecule has 0 radical (unpaired) electrons. The van der Waals surface area contributed by atoms with Crippen molar-refractivity contribution in [3.8, 4) is 0 Å². The summed E-state index contributed by atoms with van der Waals surface area (Å²) in [6, 6.07) is 9.57. The summed E-state index contributed by atoms with van der Waals surface area (Å²) in [5.74, 6) is -0.730. The van der Waals surface area contributed by atoms with Crippen molar-refractivity contribution in [2.45, 2.75) is 38.1 Å². The maximum absolute atomic E-state index is 12.0. The number of rotatable bonds is 4. The summed E-state index contributed by atoms with van der Waals surface area (Å²) in [5.41, 5.74) is 1.24. The number of esters is 1. The Labute approximate surface area is 129 Å². The van der Waals surface area contributed by atoms with Crippen LogP contribution in [0, 0.1) is 0 Å². The van der Waals surface area contributed by atoms with Crippen molar-refractivity contribution < 1.29 is 14.3 Å². The third-order valence-electron chi connectivity index (χ3n) is 4.05. The fraction of sp³-hybridized carbons (Fsp3) is 0.412. The molecule has 2 N–H and O–H groups in total. The van der Waals surface area contributed by atoms with E-state index in [4.69, 9.17) is 4.74 Å². The minimum Gasteiger partial charge on any atom is -0.451 e. The van der Waals surface area contributed by atoms with E-state index >= 15 is 0 Å². The van der Waals surface area contributed by atoms with Crippen LogP contribution >= 0.6 is 0 Å². The van der Waals surface area contributed by atoms with Crippen molar-refractivity contribution >= 4 is 22.8 Å². The van der Waals surface area contributed by atoms with Crippen LogP contribution < -0.4 is 5.32 Å². The number of carbonyl (C=O) groups excluding carboxylic acids is 2. The topological polar surface area (TPSA) is 71.2 Å². The second-order valence-electron chi connectivity index (χ2n) is 5.75. The Hall–Kier alpha value is -2.30. The van der Waals surface area contributed by atoms with Gasteiger partial charge in [0.1, 0.15) is 5.69 Å². The van der Waals surface area contributed by atoms with E-state index in [1.54, 1.807) is 6.07 Å². The van der Waals surface area contributed by atoms with Crippen LogP contribution in [0.1, 0.15) is 42.6 Å². The highest BCUT2D eigenvalue weighted by Gasteiger charge is 2.17. The predicted octanol–water partition coefficient (Wildman–Crippen LogP) is 2.77. The van der Waals surface area contributed by atoms with Gasteiger partial charge in [-0.2, -0.15) is 0 Å². The SMILES string of the molecule is O=C(COC(=O)c1cc2ccccc2[nH]1)NC1CCCCC1. The van der Waals surface area contributed by atoms with E-state index in [9.17, 15) is 9.59 Å². The zero-order chi connectivity index (χ0) is 15.4. The smallest absolute Gasteiger partial charge is 0.355 e. The molecule has 5 nitrogen and oxygen atoms in total. The molecule has 1 aliphatic rings. The number of carbonyl (C=O) groups is 2. The predicted molar refractivity (Wildman–Crippen MR) is 83.6 cm³/mol. The van der Waals surface area contributed by atoms with Crippen molar-refractivity contribution in [1.82, 2.24) is 10.3 Å². The van der Waals surface area contributed by atoms with Crippen LogP contribution in [-0.2, 0) is 9.53 Å². The number of aromatic amines is 1. The highest BCUT2D eigenvalue weighted by atomic mass is 16.5. The molecule has 1 saturated carbocycles. The van der Waals surface area contributed by atoms with Gasteiger partial charge in [-0.1, -0.05) is 37.5 Å². The van der Waals surface area contributed by atoms with E-state index in [0.29, 0.717) is 5.69 Å². The molecule has 1 fully saturated rings. The van der Waals surface area contributed by atoms with E-state index in [1.165, 1.54) is 6.42 Å². The minimum atomic E-state index is -0.505. The summed E-state index contributed by atoms with van der Waals surface area (Å²) < 4.78 is 5.08. The summed E-state index contributed by atoms with van der Waals surface area (Å²) in [6.07, 6.45) is 5.57. The van der Waals surface area contributed by atoms with Crippen LogP contribution in [0.2, 0.25) is 0 Å². The number of amides is 1. The number of nitrogens with one attached hydrogen (secondary N) is 2. The van der Waals surface area contributed by atoms with Gasteiger partial charge >= 0.3 is 5.97 Å². The molecule has 1 aromatic heterocycles. The lowest BCUT2D eigenvalue weighted by atomic mass is 9.95. The third-order valence-corrected chi connectivity index (χ3v) is 4.05. The van der Waals surface area contributed by atoms with Gasteiger partial charge in [-0.05, 0) is 25.0 Å². The zero-order valence-corrected chi connectivity index (χ0v) is 12.4. The van der Waals surface area contributed by atoms with Gasteiger partial charge in [-0.25, -0.2) is 4.79 Å². The number of hydrogen-bond acceptors (Lipinski definition) is 3. The zero-order valence-electron chi connectivity index (χ0n) is 12.4. The van der Waals surface area contributed by atoms with Crippen molar-refractivity contribution in [2.75, 3.05) is 6.61 Å². The molecular formula is C17H20N2O3. The Bertz CT molecular complexity index is 638. The maximum atomic E-state index is 12.0. The maximum Gasteiger partial charge on any atom is 0.355 e. The molecule has 0 saturated heterocycles. The van der Waals surface area contributed by atoms with Gasteiger partial charge in [0.05, 0.1) is 0 Å². The summed E-state index contributed by atoms with van der Waals surface area (Å²) in [6.45, 7) is -0.231. The van der Waals surface area contributed by atoms with Crippen LogP contribution in [0.5, 0.6) is 0 Å². The average molecular weight is 300 g/mol. The molecule has 0 unspecified atom stereocenters. The number of H-pyrrole nitrogens is 1. The minimum absolute atomic E-state index is 0.226. The first kappa shape index (κ1) is 14.6. The molecular weight excluding hydrogens is 280 g/mol. The van der Waals surface area contributed by atoms with Gasteiger partial charge < -0.3 is 15.0 Å². The quantitative estimate of drug-likeness (QED) is 0.853. The molecule has 0 aliphatic heterocycles. The number of hydrogen-bond donors (Lipinski definition) is 2. The van der Waals surface area contributed by atoms with Crippen LogP contribution in [0.4, 0.5) is 0 Å². The van der Waals surface area contributed by atoms with Gasteiger partial charge in [0, 0.05) is 16.9 Å². The molecule has 1 aliphatic carbocycles. The van der Waals surface area contributed by atoms with E-state index in [0.717, 1.165) is 36.6 Å². The fourth-order valence-corrected chi connectivity index (χ4v) is 2.91. The highest BCUT2D eigenvalue weighted by Crippen LogP contribution is 2.17. The number of ether oxygens (including phenoxy) is 1. The molecule has 1 heterocycles. The fourth-order valence-electron chi connectivity index (χ4n) is 2.91. The molecule has 0 atom stereocenters. The molecule has 116 valence electrons. The monoisotopic (exact) mass is 300 g/mol. The second-order valence-corrected chi connectivity index (χ2v) is 5.75. The van der Waals surface area contributed by atoms with Gasteiger partial charge in [0.15, 0.2) is 6.61 Å². The third kappa shape index (κ3) is 3.47. The lowest BCUT2D eigenvalue weighted by molar-refractivity contribution is -0.125. The van der Waals surface area contributed by atoms with Crippen LogP contribution in [0.15, 0.2) is 30.3 Å². The van der Waals surface area contributed by atoms with Crippen molar-refractivity contribution in [3.05, 3.63) is 36.0 Å². The Morgan fingerprint density at radius 1 is 1.18 bits per heavy atom. The first-order valence-corrected chi connectivity index (χ1v) is 7.76. The van der Waals surface area contributed by atoms with Crippen molar-refractivity contribution in [3.63, 3.8) is 0 Å². The van der Waals surface area contributed by atoms with Crippen molar-refractivity contribution in [1.29, 1.82) is 0 Å². The Kier molecular flexibility index (Phi) is 4.42. The standard InChI is InChI=1S/C17H20N2O3/c20-16(18-13-7-2-1-3-8-13)11-22-17(21)15-10-12-6-4-5-9-14(12)19-15/h4-6,9-10,13,19H,1-3,7-8,11H2,(H,18,20). The first-order valence-electron chi connectivity index (χ1n) is 7.76. The molecule has 1 amide bonds. The summed E-state index contributed by atoms with van der Waals surface area (Å²) in [7, 11) is 0. The average Bonchev–Trinajstić information content (AvgIpc) is 2.98. The number of benzene rings is 1. The normalized spacial score (nSPS) is 15.6. The Balaban J connectivity index is 1.52. The van der Waals surface area contributed by atoms with Gasteiger partial charge in [-0.3, -0.25) is 4.79 Å². The van der Waals surface area contributed by atoms with E-state index in [2.05, 4.69) is 10.3 Å². The molecule has 0 bridgehead atoms. The molecule has 3 rings (SSSR count). The molecule has 22 heavy (non-hydrogen) atoms. The van der Waals surface area contributed by atoms with Crippen LogP contribution in [0.3, 0.4) is 0 Å². The number of fused-ring (bicyclic) bond motifs is 1. The highest BCUT2D eigenvalue weighted by molar-refractivity contribution is 5.95. The molecule has 5 heteroatoms. The number of aromatic nitrogens is 1. The van der Waals surface area contributed by atoms with Crippen molar-refractivity contribution in [2.24, 2.45) is 0 Å². The largest absolute Gasteiger partial charge is 0.451 e. The van der Waals surface area contributed by atoms with Gasteiger partial charge in [0.2, 0.25) is 0 Å². The Morgan fingerprint density at radius 2 is 1.95 bits per heavy atom. The van der Waals surface area contributed by atoms with Gasteiger partial charge in [0.25, 0.3) is 5.91 Å². The lowest BCUT2D eigenvalue weighted by Crippen LogP contribution is -2.38. The second kappa shape index (κ2) is 6.64. The molecule has 1 aromatic carbocycles. The molecule has 0 spiro atoms. The van der Waals surface area contributed by atoms with E-state index in [1.807, 2.05) is 24.3 Å². The summed E-state index contributed by atoms with van der Waals surface area (Å²) in [4.78, 5) is 26.8. The van der Waals surface area contributed by atoms with Crippen LogP contribution in [0.25, 0.3) is 10.9 Å². The van der Waals surface area contributed by atoms with Gasteiger partial charge in [-0.15, -0.1) is 0 Å². The summed E-state index contributed by atoms with van der Waals surface area (Å²) in [5, 5.41) is 3.87. The van der Waals surface area contributed by atoms with E-state index < -0.39 is 5.97 Å².